The molecule has 0 aliphatic heterocycles. The molecule has 1 spiro atoms. The highest BCUT2D eigenvalue weighted by molar-refractivity contribution is 6.03. The van der Waals surface area contributed by atoms with Gasteiger partial charge in [0.1, 0.15) is 6.07 Å². The second kappa shape index (κ2) is 4.73. The first-order chi connectivity index (χ1) is 9.94. The quantitative estimate of drug-likeness (QED) is 0.898. The summed E-state index contributed by atoms with van der Waals surface area (Å²) >= 11 is 0. The summed E-state index contributed by atoms with van der Waals surface area (Å²) in [5.74, 6) is -0.00454. The lowest BCUT2D eigenvalue weighted by Crippen LogP contribution is -2.50. The van der Waals surface area contributed by atoms with Crippen molar-refractivity contribution in [3.63, 3.8) is 0 Å². The predicted molar refractivity (Wildman–Crippen MR) is 82.6 cm³/mol. The minimum Gasteiger partial charge on any atom is -0.382 e. The van der Waals surface area contributed by atoms with Crippen LogP contribution in [-0.4, -0.2) is 11.8 Å². The van der Waals surface area contributed by atoms with Gasteiger partial charge in [0.05, 0.1) is 5.57 Å². The number of nitrogens with zero attached hydrogens (tertiary/aromatic N) is 1. The molecule has 0 saturated heterocycles. The number of hydrogen-bond donors (Lipinski definition) is 1. The molecule has 108 valence electrons. The minimum atomic E-state index is -0.419. The molecular formula is C18H20N2O. The van der Waals surface area contributed by atoms with Gasteiger partial charge in [-0.1, -0.05) is 38.1 Å². The van der Waals surface area contributed by atoms with Crippen LogP contribution in [0.2, 0.25) is 0 Å². The molecular weight excluding hydrogens is 260 g/mol. The molecule has 1 N–H and O–H groups in total. The number of anilines is 1. The van der Waals surface area contributed by atoms with Crippen LogP contribution in [0, 0.1) is 22.2 Å². The van der Waals surface area contributed by atoms with E-state index in [1.807, 2.05) is 38.1 Å². The Hall–Kier alpha value is -2.08. The van der Waals surface area contributed by atoms with Crippen molar-refractivity contribution in [3.05, 3.63) is 42.0 Å². The fourth-order valence-electron chi connectivity index (χ4n) is 3.89. The van der Waals surface area contributed by atoms with Gasteiger partial charge < -0.3 is 5.32 Å². The Balaban J connectivity index is 1.73. The first-order valence-corrected chi connectivity index (χ1v) is 7.44. The Kier molecular flexibility index (Phi) is 3.13. The number of carbonyl (C=O) groups excluding carboxylic acids is 1. The summed E-state index contributed by atoms with van der Waals surface area (Å²) in [4.78, 5) is 12.2. The number of hydrogen-bond acceptors (Lipinski definition) is 3. The maximum atomic E-state index is 12.2. The van der Waals surface area contributed by atoms with Crippen LogP contribution in [0.5, 0.6) is 0 Å². The summed E-state index contributed by atoms with van der Waals surface area (Å²) in [6.45, 7) is 3.92. The van der Waals surface area contributed by atoms with Crippen molar-refractivity contribution >= 4 is 11.5 Å². The van der Waals surface area contributed by atoms with Gasteiger partial charge in [-0.3, -0.25) is 4.79 Å². The van der Waals surface area contributed by atoms with Gasteiger partial charge in [0.15, 0.2) is 5.78 Å². The summed E-state index contributed by atoms with van der Waals surface area (Å²) in [6.07, 6.45) is 4.76. The third-order valence-corrected chi connectivity index (χ3v) is 4.67. The van der Waals surface area contributed by atoms with Gasteiger partial charge >= 0.3 is 0 Å². The second-order valence-corrected chi connectivity index (χ2v) is 7.04. The lowest BCUT2D eigenvalue weighted by molar-refractivity contribution is -0.126. The van der Waals surface area contributed by atoms with E-state index in [-0.39, 0.29) is 11.2 Å². The number of rotatable bonds is 2. The van der Waals surface area contributed by atoms with Crippen molar-refractivity contribution < 1.29 is 4.79 Å². The first-order valence-electron chi connectivity index (χ1n) is 7.44. The Labute approximate surface area is 125 Å². The molecule has 0 aromatic heterocycles. The van der Waals surface area contributed by atoms with Crippen LogP contribution in [0.25, 0.3) is 0 Å². The molecule has 0 bridgehead atoms. The highest BCUT2D eigenvalue weighted by atomic mass is 16.1. The summed E-state index contributed by atoms with van der Waals surface area (Å²) in [5.41, 5.74) is 1.09. The first kappa shape index (κ1) is 13.9. The molecule has 2 aliphatic rings. The van der Waals surface area contributed by atoms with Crippen LogP contribution in [0.3, 0.4) is 0 Å². The number of allylic oxidation sites excluding steroid dienone is 2. The van der Waals surface area contributed by atoms with Gasteiger partial charge in [0, 0.05) is 17.1 Å². The SMILES string of the molecule is CC1(C)CC2(C=C(C#N)C1=O)CC(Nc1ccccc1)C2. The number of Topliss-reactive ketones (excluding diaryl/α,β-unsaturated/α-hetero) is 1. The van der Waals surface area contributed by atoms with E-state index in [0.717, 1.165) is 24.9 Å². The third-order valence-electron chi connectivity index (χ3n) is 4.67. The Morgan fingerprint density at radius 1 is 1.24 bits per heavy atom. The van der Waals surface area contributed by atoms with Crippen molar-refractivity contribution in [2.45, 2.75) is 39.2 Å². The van der Waals surface area contributed by atoms with E-state index in [0.29, 0.717) is 11.6 Å². The fraction of sp³-hybridized carbons (Fsp3) is 0.444. The monoisotopic (exact) mass is 280 g/mol. The highest BCUT2D eigenvalue weighted by Crippen LogP contribution is 2.54. The van der Waals surface area contributed by atoms with Crippen LogP contribution in [0.15, 0.2) is 42.0 Å². The van der Waals surface area contributed by atoms with Crippen LogP contribution in [0.4, 0.5) is 5.69 Å². The van der Waals surface area contributed by atoms with Crippen molar-refractivity contribution in [3.8, 4) is 6.07 Å². The maximum absolute atomic E-state index is 12.2. The van der Waals surface area contributed by atoms with Crippen molar-refractivity contribution in [2.24, 2.45) is 10.8 Å². The van der Waals surface area contributed by atoms with Crippen LogP contribution >= 0.6 is 0 Å². The molecule has 21 heavy (non-hydrogen) atoms. The molecule has 0 radical (unpaired) electrons. The maximum Gasteiger partial charge on any atom is 0.178 e. The van der Waals surface area contributed by atoms with E-state index in [1.54, 1.807) is 0 Å². The van der Waals surface area contributed by atoms with Crippen LogP contribution < -0.4 is 5.32 Å². The molecule has 0 amide bonds. The molecule has 1 fully saturated rings. The molecule has 0 atom stereocenters. The van der Waals surface area contributed by atoms with E-state index >= 15 is 0 Å². The molecule has 1 aromatic carbocycles. The topological polar surface area (TPSA) is 52.9 Å². The van der Waals surface area contributed by atoms with E-state index in [1.165, 1.54) is 0 Å². The molecule has 2 aliphatic carbocycles. The lowest BCUT2D eigenvalue weighted by atomic mass is 9.54. The Morgan fingerprint density at radius 2 is 1.90 bits per heavy atom. The van der Waals surface area contributed by atoms with Gasteiger partial charge in [0.25, 0.3) is 0 Å². The molecule has 1 aromatic rings. The average molecular weight is 280 g/mol. The standard InChI is InChI=1S/C18H20N2O/c1-17(2)12-18(8-13(11-19)16(17)21)9-15(10-18)20-14-6-4-3-5-7-14/h3-8,15,20H,9-10,12H2,1-2H3. The number of nitrogens with one attached hydrogen (secondary N) is 1. The van der Waals surface area contributed by atoms with E-state index < -0.39 is 5.41 Å². The molecule has 3 heteroatoms. The Morgan fingerprint density at radius 3 is 2.52 bits per heavy atom. The number of benzene rings is 1. The zero-order valence-corrected chi connectivity index (χ0v) is 12.5. The van der Waals surface area contributed by atoms with E-state index in [9.17, 15) is 10.1 Å². The van der Waals surface area contributed by atoms with Crippen LogP contribution in [-0.2, 0) is 4.79 Å². The normalized spacial score (nSPS) is 30.2. The van der Waals surface area contributed by atoms with Gasteiger partial charge in [0.2, 0.25) is 0 Å². The molecule has 0 unspecified atom stereocenters. The van der Waals surface area contributed by atoms with Gasteiger partial charge in [-0.25, -0.2) is 0 Å². The summed E-state index contributed by atoms with van der Waals surface area (Å²) in [7, 11) is 0. The second-order valence-electron chi connectivity index (χ2n) is 7.04. The lowest BCUT2D eigenvalue weighted by Gasteiger charge is -2.51. The molecule has 3 rings (SSSR count). The zero-order chi connectivity index (χ0) is 15.1. The number of carbonyl (C=O) groups is 1. The third kappa shape index (κ3) is 2.47. The largest absolute Gasteiger partial charge is 0.382 e. The number of nitriles is 1. The average Bonchev–Trinajstić information content (AvgIpc) is 2.42. The van der Waals surface area contributed by atoms with E-state index in [4.69, 9.17) is 0 Å². The fourth-order valence-corrected chi connectivity index (χ4v) is 3.89. The van der Waals surface area contributed by atoms with E-state index in [2.05, 4.69) is 23.5 Å². The summed E-state index contributed by atoms with van der Waals surface area (Å²) in [5, 5.41) is 12.7. The smallest absolute Gasteiger partial charge is 0.178 e. The van der Waals surface area contributed by atoms with Gasteiger partial charge in [-0.2, -0.15) is 5.26 Å². The predicted octanol–water partition coefficient (Wildman–Crippen LogP) is 3.70. The van der Waals surface area contributed by atoms with Gasteiger partial charge in [-0.05, 0) is 36.8 Å². The van der Waals surface area contributed by atoms with Crippen molar-refractivity contribution in [1.82, 2.24) is 0 Å². The van der Waals surface area contributed by atoms with Crippen LogP contribution in [0.1, 0.15) is 33.1 Å². The summed E-state index contributed by atoms with van der Waals surface area (Å²) in [6, 6.07) is 12.7. The number of para-hydroxylation sites is 1. The molecule has 3 nitrogen and oxygen atoms in total. The van der Waals surface area contributed by atoms with Crippen molar-refractivity contribution in [1.29, 1.82) is 5.26 Å². The number of ketones is 1. The van der Waals surface area contributed by atoms with Gasteiger partial charge in [-0.15, -0.1) is 0 Å². The molecule has 0 heterocycles. The summed E-state index contributed by atoms with van der Waals surface area (Å²) < 4.78 is 0. The minimum absolute atomic E-state index is 0.00454. The Bertz CT molecular complexity index is 631. The molecule has 1 saturated carbocycles. The van der Waals surface area contributed by atoms with Crippen molar-refractivity contribution in [2.75, 3.05) is 5.32 Å². The highest BCUT2D eigenvalue weighted by Gasteiger charge is 2.51. The zero-order valence-electron chi connectivity index (χ0n) is 12.5.